The Morgan fingerprint density at radius 3 is 2.79 bits per heavy atom. The van der Waals surface area contributed by atoms with Crippen LogP contribution >= 0.6 is 0 Å². The second kappa shape index (κ2) is 4.06. The highest BCUT2D eigenvalue weighted by Crippen LogP contribution is 2.25. The molecule has 2 rings (SSSR count). The molecule has 0 saturated carbocycles. The first-order chi connectivity index (χ1) is 6.79. The number of likely N-dealkylation sites (tertiary alicyclic amines) is 1. The standard InChI is InChI=1S/C9H16N4O/c1-13-4-2-7(3-5-13)9-11-8(6-10)12-14-9/h7H,2-6,10H2,1H3. The number of nitrogens with two attached hydrogens (primary N) is 1. The molecular formula is C9H16N4O. The van der Waals surface area contributed by atoms with Crippen LogP contribution in [0.25, 0.3) is 0 Å². The molecule has 5 heteroatoms. The first-order valence-electron chi connectivity index (χ1n) is 5.00. The summed E-state index contributed by atoms with van der Waals surface area (Å²) in [6, 6.07) is 0. The average molecular weight is 196 g/mol. The predicted octanol–water partition coefficient (Wildman–Crippen LogP) is 0.338. The molecule has 0 amide bonds. The van der Waals surface area contributed by atoms with E-state index in [1.165, 1.54) is 0 Å². The minimum atomic E-state index is 0.357. The number of hydrogen-bond donors (Lipinski definition) is 1. The van der Waals surface area contributed by atoms with Gasteiger partial charge in [-0.25, -0.2) is 0 Å². The van der Waals surface area contributed by atoms with E-state index in [-0.39, 0.29) is 0 Å². The van der Waals surface area contributed by atoms with Gasteiger partial charge in [0.1, 0.15) is 0 Å². The lowest BCUT2D eigenvalue weighted by atomic mass is 9.97. The first kappa shape index (κ1) is 9.61. The summed E-state index contributed by atoms with van der Waals surface area (Å²) < 4.78 is 5.17. The number of rotatable bonds is 2. The Kier molecular flexibility index (Phi) is 2.79. The molecule has 5 nitrogen and oxygen atoms in total. The molecule has 2 heterocycles. The van der Waals surface area contributed by atoms with Gasteiger partial charge in [-0.05, 0) is 33.0 Å². The third-order valence-corrected chi connectivity index (χ3v) is 2.73. The van der Waals surface area contributed by atoms with Crippen molar-refractivity contribution in [2.75, 3.05) is 20.1 Å². The van der Waals surface area contributed by atoms with E-state index < -0.39 is 0 Å². The molecule has 78 valence electrons. The quantitative estimate of drug-likeness (QED) is 0.738. The Morgan fingerprint density at radius 1 is 1.50 bits per heavy atom. The van der Waals surface area contributed by atoms with Gasteiger partial charge in [-0.15, -0.1) is 0 Å². The lowest BCUT2D eigenvalue weighted by molar-refractivity contribution is 0.227. The molecule has 0 aliphatic carbocycles. The maximum Gasteiger partial charge on any atom is 0.229 e. The fourth-order valence-corrected chi connectivity index (χ4v) is 1.77. The maximum absolute atomic E-state index is 5.42. The summed E-state index contributed by atoms with van der Waals surface area (Å²) in [7, 11) is 2.13. The molecule has 1 saturated heterocycles. The predicted molar refractivity (Wildman–Crippen MR) is 51.7 cm³/mol. The fourth-order valence-electron chi connectivity index (χ4n) is 1.77. The van der Waals surface area contributed by atoms with Gasteiger partial charge in [0, 0.05) is 5.92 Å². The molecule has 1 aromatic rings. The lowest BCUT2D eigenvalue weighted by Gasteiger charge is -2.26. The first-order valence-corrected chi connectivity index (χ1v) is 5.00. The maximum atomic E-state index is 5.42. The minimum absolute atomic E-state index is 0.357. The van der Waals surface area contributed by atoms with E-state index in [1.807, 2.05) is 0 Å². The zero-order chi connectivity index (χ0) is 9.97. The van der Waals surface area contributed by atoms with E-state index in [0.29, 0.717) is 18.3 Å². The largest absolute Gasteiger partial charge is 0.339 e. The Hall–Kier alpha value is -0.940. The Labute approximate surface area is 83.3 Å². The Morgan fingerprint density at radius 2 is 2.21 bits per heavy atom. The van der Waals surface area contributed by atoms with E-state index in [4.69, 9.17) is 10.3 Å². The number of aromatic nitrogens is 2. The van der Waals surface area contributed by atoms with Crippen molar-refractivity contribution >= 4 is 0 Å². The van der Waals surface area contributed by atoms with E-state index in [9.17, 15) is 0 Å². The lowest BCUT2D eigenvalue weighted by Crippen LogP contribution is -2.29. The molecule has 0 spiro atoms. The van der Waals surface area contributed by atoms with Crippen LogP contribution in [0.2, 0.25) is 0 Å². The van der Waals surface area contributed by atoms with E-state index in [1.54, 1.807) is 0 Å². The molecule has 0 radical (unpaired) electrons. The summed E-state index contributed by atoms with van der Waals surface area (Å²) in [5, 5.41) is 3.80. The molecule has 14 heavy (non-hydrogen) atoms. The third kappa shape index (κ3) is 1.93. The molecule has 2 N–H and O–H groups in total. The summed E-state index contributed by atoms with van der Waals surface area (Å²) in [6.07, 6.45) is 2.20. The summed E-state index contributed by atoms with van der Waals surface area (Å²) in [4.78, 5) is 6.57. The van der Waals surface area contributed by atoms with Crippen LogP contribution in [0.1, 0.15) is 30.5 Å². The molecule has 1 aliphatic heterocycles. The molecule has 0 bridgehead atoms. The van der Waals surface area contributed by atoms with Crippen molar-refractivity contribution in [3.8, 4) is 0 Å². The molecule has 1 fully saturated rings. The second-order valence-electron chi connectivity index (χ2n) is 3.83. The zero-order valence-corrected chi connectivity index (χ0v) is 8.44. The topological polar surface area (TPSA) is 68.2 Å². The van der Waals surface area contributed by atoms with Gasteiger partial charge in [0.15, 0.2) is 5.82 Å². The van der Waals surface area contributed by atoms with Gasteiger partial charge in [0.05, 0.1) is 6.54 Å². The van der Waals surface area contributed by atoms with Crippen molar-refractivity contribution in [1.29, 1.82) is 0 Å². The average Bonchev–Trinajstić information content (AvgIpc) is 2.67. The van der Waals surface area contributed by atoms with Crippen LogP contribution in [0.4, 0.5) is 0 Å². The summed E-state index contributed by atoms with van der Waals surface area (Å²) in [6.45, 7) is 2.56. The molecular weight excluding hydrogens is 180 g/mol. The smallest absolute Gasteiger partial charge is 0.229 e. The molecule has 0 aromatic carbocycles. The second-order valence-corrected chi connectivity index (χ2v) is 3.83. The highest BCUT2D eigenvalue weighted by Gasteiger charge is 2.23. The van der Waals surface area contributed by atoms with Crippen molar-refractivity contribution in [1.82, 2.24) is 15.0 Å². The summed E-state index contributed by atoms with van der Waals surface area (Å²) in [5.74, 6) is 1.80. The van der Waals surface area contributed by atoms with Crippen molar-refractivity contribution < 1.29 is 4.52 Å². The molecule has 0 atom stereocenters. The van der Waals surface area contributed by atoms with Crippen LogP contribution < -0.4 is 5.73 Å². The van der Waals surface area contributed by atoms with Gasteiger partial charge in [0.2, 0.25) is 5.89 Å². The van der Waals surface area contributed by atoms with Crippen LogP contribution in [0.5, 0.6) is 0 Å². The van der Waals surface area contributed by atoms with Gasteiger partial charge in [0.25, 0.3) is 0 Å². The highest BCUT2D eigenvalue weighted by atomic mass is 16.5. The van der Waals surface area contributed by atoms with Crippen molar-refractivity contribution in [2.45, 2.75) is 25.3 Å². The van der Waals surface area contributed by atoms with Crippen LogP contribution in [0, 0.1) is 0 Å². The van der Waals surface area contributed by atoms with Crippen molar-refractivity contribution in [3.63, 3.8) is 0 Å². The molecule has 0 unspecified atom stereocenters. The van der Waals surface area contributed by atoms with Crippen molar-refractivity contribution in [3.05, 3.63) is 11.7 Å². The van der Waals surface area contributed by atoms with Gasteiger partial charge in [-0.3, -0.25) is 0 Å². The van der Waals surface area contributed by atoms with Gasteiger partial charge in [-0.1, -0.05) is 5.16 Å². The van der Waals surface area contributed by atoms with Crippen LogP contribution in [0.15, 0.2) is 4.52 Å². The van der Waals surface area contributed by atoms with E-state index in [2.05, 4.69) is 22.1 Å². The summed E-state index contributed by atoms with van der Waals surface area (Å²) >= 11 is 0. The van der Waals surface area contributed by atoms with Gasteiger partial charge >= 0.3 is 0 Å². The number of piperidine rings is 1. The van der Waals surface area contributed by atoms with E-state index >= 15 is 0 Å². The van der Waals surface area contributed by atoms with Crippen LogP contribution in [0.3, 0.4) is 0 Å². The fraction of sp³-hybridized carbons (Fsp3) is 0.778. The van der Waals surface area contributed by atoms with E-state index in [0.717, 1.165) is 31.8 Å². The summed E-state index contributed by atoms with van der Waals surface area (Å²) in [5.41, 5.74) is 5.42. The SMILES string of the molecule is CN1CCC(c2nc(CN)no2)CC1. The zero-order valence-electron chi connectivity index (χ0n) is 8.44. The molecule has 1 aromatic heterocycles. The normalized spacial score (nSPS) is 20.1. The Balaban J connectivity index is 2.01. The van der Waals surface area contributed by atoms with Gasteiger partial charge in [-0.2, -0.15) is 4.98 Å². The monoisotopic (exact) mass is 196 g/mol. The molecule has 1 aliphatic rings. The minimum Gasteiger partial charge on any atom is -0.339 e. The number of hydrogen-bond acceptors (Lipinski definition) is 5. The Bertz CT molecular complexity index is 291. The third-order valence-electron chi connectivity index (χ3n) is 2.73. The van der Waals surface area contributed by atoms with Crippen LogP contribution in [-0.2, 0) is 6.54 Å². The number of nitrogens with zero attached hydrogens (tertiary/aromatic N) is 3. The van der Waals surface area contributed by atoms with Crippen LogP contribution in [-0.4, -0.2) is 35.2 Å². The van der Waals surface area contributed by atoms with Gasteiger partial charge < -0.3 is 15.2 Å². The van der Waals surface area contributed by atoms with Crippen molar-refractivity contribution in [2.24, 2.45) is 5.73 Å². The highest BCUT2D eigenvalue weighted by molar-refractivity contribution is 4.95.